The number of nitrogens with zero attached hydrogens (tertiary/aromatic N) is 2. The van der Waals surface area contributed by atoms with Crippen LogP contribution in [0.4, 0.5) is 5.69 Å². The summed E-state index contributed by atoms with van der Waals surface area (Å²) in [6.45, 7) is 5.48. The molecule has 1 aliphatic heterocycles. The van der Waals surface area contributed by atoms with Gasteiger partial charge in [0.1, 0.15) is 0 Å². The summed E-state index contributed by atoms with van der Waals surface area (Å²) in [5.74, 6) is 0. The Bertz CT molecular complexity index is 863. The van der Waals surface area contributed by atoms with Crippen LogP contribution in [0.1, 0.15) is 11.1 Å². The van der Waals surface area contributed by atoms with Gasteiger partial charge in [-0.1, -0.05) is 28.1 Å². The number of hydrogen-bond acceptors (Lipinski definition) is 4. The first-order valence-electron chi connectivity index (χ1n) is 8.52. The summed E-state index contributed by atoms with van der Waals surface area (Å²) >= 11 is 3.41. The van der Waals surface area contributed by atoms with Gasteiger partial charge in [0, 0.05) is 36.8 Å². The fourth-order valence-electron chi connectivity index (χ4n) is 2.93. The van der Waals surface area contributed by atoms with Crippen molar-refractivity contribution in [3.05, 3.63) is 58.1 Å². The molecule has 0 bridgehead atoms. The Morgan fingerprint density at radius 2 is 1.77 bits per heavy atom. The van der Waals surface area contributed by atoms with E-state index in [2.05, 4.69) is 20.8 Å². The monoisotopic (exact) mass is 438 g/mol. The Morgan fingerprint density at radius 1 is 1.12 bits per heavy atom. The number of aryl methyl sites for hydroxylation is 1. The summed E-state index contributed by atoms with van der Waals surface area (Å²) in [7, 11) is -1.91. The second-order valence-corrected chi connectivity index (χ2v) is 9.34. The average Bonchev–Trinajstić information content (AvgIpc) is 2.65. The molecule has 2 aromatic rings. The lowest BCUT2D eigenvalue weighted by molar-refractivity contribution is 0.122. The van der Waals surface area contributed by atoms with E-state index in [-0.39, 0.29) is 0 Å². The normalized spacial score (nSPS) is 15.5. The Kier molecular flexibility index (Phi) is 6.02. The first-order chi connectivity index (χ1) is 12.4. The molecule has 5 nitrogen and oxygen atoms in total. The average molecular weight is 439 g/mol. The van der Waals surface area contributed by atoms with E-state index in [0.717, 1.165) is 47.6 Å². The van der Waals surface area contributed by atoms with Crippen LogP contribution in [0, 0.1) is 6.92 Å². The summed E-state index contributed by atoms with van der Waals surface area (Å²) in [6, 6.07) is 13.2. The van der Waals surface area contributed by atoms with E-state index in [0.29, 0.717) is 11.4 Å². The van der Waals surface area contributed by atoms with Crippen molar-refractivity contribution in [2.24, 2.45) is 0 Å². The van der Waals surface area contributed by atoms with Gasteiger partial charge in [-0.15, -0.1) is 0 Å². The number of ether oxygens (including phenoxy) is 1. The van der Waals surface area contributed by atoms with E-state index < -0.39 is 10.0 Å². The second kappa shape index (κ2) is 8.08. The fraction of sp³-hybridized carbons (Fsp3) is 0.368. The molecule has 0 unspecified atom stereocenters. The summed E-state index contributed by atoms with van der Waals surface area (Å²) < 4.78 is 33.3. The lowest BCUT2D eigenvalue weighted by atomic mass is 10.2. The van der Waals surface area contributed by atoms with E-state index in [9.17, 15) is 8.42 Å². The molecule has 3 rings (SSSR count). The van der Waals surface area contributed by atoms with Gasteiger partial charge in [0.15, 0.2) is 0 Å². The predicted octanol–water partition coefficient (Wildman–Crippen LogP) is 3.41. The fourth-order valence-corrected chi connectivity index (χ4v) is 4.42. The maximum Gasteiger partial charge on any atom is 0.243 e. The standard InChI is InChI=1S/C19H23BrN2O3S/c1-15-13-18(7-8-19(15)20)26(23,24)21(2)14-16-3-5-17(6-4-16)22-9-11-25-12-10-22/h3-8,13H,9-12,14H2,1-2H3. The van der Waals surface area contributed by atoms with Crippen LogP contribution in [-0.4, -0.2) is 46.1 Å². The predicted molar refractivity (Wildman–Crippen MR) is 107 cm³/mol. The molecule has 0 aliphatic carbocycles. The Morgan fingerprint density at radius 3 is 2.38 bits per heavy atom. The van der Waals surface area contributed by atoms with Crippen molar-refractivity contribution in [3.63, 3.8) is 0 Å². The molecule has 0 N–H and O–H groups in total. The maximum absolute atomic E-state index is 12.8. The minimum atomic E-state index is -3.52. The number of rotatable bonds is 5. The molecule has 0 spiro atoms. The van der Waals surface area contributed by atoms with Gasteiger partial charge in [-0.25, -0.2) is 8.42 Å². The van der Waals surface area contributed by atoms with E-state index in [4.69, 9.17) is 4.74 Å². The topological polar surface area (TPSA) is 49.9 Å². The Hall–Kier alpha value is -1.41. The van der Waals surface area contributed by atoms with Gasteiger partial charge in [0.2, 0.25) is 10.0 Å². The molecular formula is C19H23BrN2O3S. The van der Waals surface area contributed by atoms with Gasteiger partial charge in [-0.05, 0) is 48.4 Å². The molecule has 1 heterocycles. The zero-order valence-electron chi connectivity index (χ0n) is 15.0. The third-order valence-corrected chi connectivity index (χ3v) is 7.24. The molecule has 1 aliphatic rings. The van der Waals surface area contributed by atoms with Crippen LogP contribution in [0.3, 0.4) is 0 Å². The summed E-state index contributed by atoms with van der Waals surface area (Å²) in [5.41, 5.74) is 3.00. The quantitative estimate of drug-likeness (QED) is 0.717. The highest BCUT2D eigenvalue weighted by molar-refractivity contribution is 9.10. The van der Waals surface area contributed by atoms with Crippen molar-refractivity contribution < 1.29 is 13.2 Å². The van der Waals surface area contributed by atoms with Crippen LogP contribution in [-0.2, 0) is 21.3 Å². The molecule has 1 fully saturated rings. The van der Waals surface area contributed by atoms with Crippen LogP contribution in [0.15, 0.2) is 51.8 Å². The Balaban J connectivity index is 1.72. The lowest BCUT2D eigenvalue weighted by Gasteiger charge is -2.29. The summed E-state index contributed by atoms with van der Waals surface area (Å²) in [5, 5.41) is 0. The van der Waals surface area contributed by atoms with Gasteiger partial charge in [0.25, 0.3) is 0 Å². The number of hydrogen-bond donors (Lipinski definition) is 0. The van der Waals surface area contributed by atoms with Crippen LogP contribution >= 0.6 is 15.9 Å². The maximum atomic E-state index is 12.8. The van der Waals surface area contributed by atoms with E-state index in [1.54, 1.807) is 25.2 Å². The van der Waals surface area contributed by atoms with Gasteiger partial charge in [-0.2, -0.15) is 4.31 Å². The van der Waals surface area contributed by atoms with Gasteiger partial charge in [0.05, 0.1) is 18.1 Å². The molecule has 0 amide bonds. The van der Waals surface area contributed by atoms with Crippen molar-refractivity contribution in [2.45, 2.75) is 18.4 Å². The molecule has 2 aromatic carbocycles. The molecule has 26 heavy (non-hydrogen) atoms. The number of halogens is 1. The zero-order chi connectivity index (χ0) is 18.7. The highest BCUT2D eigenvalue weighted by Gasteiger charge is 2.21. The van der Waals surface area contributed by atoms with Gasteiger partial charge < -0.3 is 9.64 Å². The van der Waals surface area contributed by atoms with E-state index >= 15 is 0 Å². The molecule has 7 heteroatoms. The SMILES string of the molecule is Cc1cc(S(=O)(=O)N(C)Cc2ccc(N3CCOCC3)cc2)ccc1Br. The van der Waals surface area contributed by atoms with Gasteiger partial charge in [-0.3, -0.25) is 0 Å². The molecular weight excluding hydrogens is 416 g/mol. The van der Waals surface area contributed by atoms with Gasteiger partial charge >= 0.3 is 0 Å². The van der Waals surface area contributed by atoms with E-state index in [1.165, 1.54) is 4.31 Å². The molecule has 140 valence electrons. The number of morpholine rings is 1. The third-order valence-electron chi connectivity index (χ3n) is 4.56. The van der Waals surface area contributed by atoms with E-state index in [1.807, 2.05) is 31.2 Å². The summed E-state index contributed by atoms with van der Waals surface area (Å²) in [4.78, 5) is 2.59. The van der Waals surface area contributed by atoms with Crippen LogP contribution in [0.25, 0.3) is 0 Å². The number of anilines is 1. The minimum Gasteiger partial charge on any atom is -0.378 e. The first-order valence-corrected chi connectivity index (χ1v) is 10.8. The Labute approximate surface area is 163 Å². The molecule has 0 saturated carbocycles. The second-order valence-electron chi connectivity index (χ2n) is 6.44. The lowest BCUT2D eigenvalue weighted by Crippen LogP contribution is -2.36. The zero-order valence-corrected chi connectivity index (χ0v) is 17.4. The number of benzene rings is 2. The van der Waals surface area contributed by atoms with Crippen molar-refractivity contribution >= 4 is 31.6 Å². The highest BCUT2D eigenvalue weighted by Crippen LogP contribution is 2.23. The third kappa shape index (κ3) is 4.28. The molecule has 1 saturated heterocycles. The molecule has 0 atom stereocenters. The minimum absolute atomic E-state index is 0.311. The van der Waals surface area contributed by atoms with Crippen molar-refractivity contribution in [1.29, 1.82) is 0 Å². The van der Waals surface area contributed by atoms with Crippen molar-refractivity contribution in [1.82, 2.24) is 4.31 Å². The van der Waals surface area contributed by atoms with Crippen LogP contribution in [0.5, 0.6) is 0 Å². The van der Waals surface area contributed by atoms with Crippen molar-refractivity contribution in [3.8, 4) is 0 Å². The summed E-state index contributed by atoms with van der Waals surface area (Å²) in [6.07, 6.45) is 0. The van der Waals surface area contributed by atoms with Crippen LogP contribution in [0.2, 0.25) is 0 Å². The number of sulfonamides is 1. The first kappa shape index (κ1) is 19.4. The molecule has 0 radical (unpaired) electrons. The smallest absolute Gasteiger partial charge is 0.243 e. The molecule has 0 aromatic heterocycles. The highest BCUT2D eigenvalue weighted by atomic mass is 79.9. The largest absolute Gasteiger partial charge is 0.378 e. The van der Waals surface area contributed by atoms with Crippen LogP contribution < -0.4 is 4.90 Å². The van der Waals surface area contributed by atoms with Crippen molar-refractivity contribution in [2.75, 3.05) is 38.3 Å².